The topological polar surface area (TPSA) is 28.4 Å². The van der Waals surface area contributed by atoms with E-state index in [1.165, 1.54) is 6.26 Å². The maximum atomic E-state index is 12.7. The van der Waals surface area contributed by atoms with E-state index < -0.39 is 12.1 Å². The quantitative estimate of drug-likeness (QED) is 0.866. The molecule has 1 aromatic heterocycles. The summed E-state index contributed by atoms with van der Waals surface area (Å²) in [5.41, 5.74) is 0.910. The zero-order valence-electron chi connectivity index (χ0n) is 9.33. The molecular weight excluding hydrogens is 233 g/mol. The van der Waals surface area contributed by atoms with Crippen molar-refractivity contribution in [3.63, 3.8) is 0 Å². The summed E-state index contributed by atoms with van der Waals surface area (Å²) < 4.78 is 43.0. The van der Waals surface area contributed by atoms with Crippen molar-refractivity contribution in [2.75, 3.05) is 26.2 Å². The van der Waals surface area contributed by atoms with E-state index in [4.69, 9.17) is 4.42 Å². The maximum absolute atomic E-state index is 12.7. The average Bonchev–Trinajstić information content (AvgIpc) is 2.61. The van der Waals surface area contributed by atoms with Gasteiger partial charge >= 0.3 is 6.18 Å². The lowest BCUT2D eigenvalue weighted by Gasteiger charge is -2.24. The van der Waals surface area contributed by atoms with Gasteiger partial charge in [-0.25, -0.2) is 0 Å². The number of hydrogen-bond acceptors (Lipinski definition) is 3. The van der Waals surface area contributed by atoms with Gasteiger partial charge in [0.05, 0.1) is 18.4 Å². The average molecular weight is 248 g/mol. The van der Waals surface area contributed by atoms with Crippen LogP contribution >= 0.6 is 0 Å². The van der Waals surface area contributed by atoms with Crippen LogP contribution in [0.15, 0.2) is 23.0 Å². The molecule has 1 atom stereocenters. The van der Waals surface area contributed by atoms with Crippen molar-refractivity contribution in [3.8, 4) is 0 Å². The minimum atomic E-state index is -4.13. The Hall–Kier alpha value is -1.01. The fraction of sp³-hybridized carbons (Fsp3) is 0.636. The van der Waals surface area contributed by atoms with Crippen LogP contribution in [0.3, 0.4) is 0 Å². The monoisotopic (exact) mass is 248 g/mol. The molecule has 1 fully saturated rings. The van der Waals surface area contributed by atoms with Gasteiger partial charge in [0.25, 0.3) is 0 Å². The maximum Gasteiger partial charge on any atom is 0.394 e. The Morgan fingerprint density at radius 3 is 2.94 bits per heavy atom. The molecule has 0 spiro atoms. The smallest absolute Gasteiger partial charge is 0.394 e. The molecule has 1 unspecified atom stereocenters. The molecule has 2 rings (SSSR count). The molecule has 1 N–H and O–H groups in total. The highest BCUT2D eigenvalue weighted by Gasteiger charge is 2.40. The van der Waals surface area contributed by atoms with Gasteiger partial charge in [0.2, 0.25) is 0 Å². The number of furan rings is 1. The summed E-state index contributed by atoms with van der Waals surface area (Å²) in [6, 6.07) is 1.78. The normalized spacial score (nSPS) is 23.6. The number of hydrogen-bond donors (Lipinski definition) is 1. The van der Waals surface area contributed by atoms with Crippen molar-refractivity contribution in [1.29, 1.82) is 0 Å². The van der Waals surface area contributed by atoms with Gasteiger partial charge in [-0.15, -0.1) is 0 Å². The molecule has 0 aliphatic carbocycles. The zero-order chi connectivity index (χ0) is 12.3. The predicted octanol–water partition coefficient (Wildman–Crippen LogP) is 1.86. The van der Waals surface area contributed by atoms with Crippen LogP contribution in [0.4, 0.5) is 13.2 Å². The predicted molar refractivity (Wildman–Crippen MR) is 56.4 cm³/mol. The van der Waals surface area contributed by atoms with Crippen LogP contribution < -0.4 is 5.32 Å². The van der Waals surface area contributed by atoms with Crippen LogP contribution in [-0.2, 0) is 6.54 Å². The van der Waals surface area contributed by atoms with Crippen LogP contribution in [0.2, 0.25) is 0 Å². The third-order valence-corrected chi connectivity index (χ3v) is 2.92. The first-order valence-electron chi connectivity index (χ1n) is 5.56. The lowest BCUT2D eigenvalue weighted by molar-refractivity contribution is -0.176. The lowest BCUT2D eigenvalue weighted by Crippen LogP contribution is -2.37. The molecule has 1 aliphatic rings. The van der Waals surface area contributed by atoms with Crippen LogP contribution in [0, 0.1) is 5.92 Å². The Balaban J connectivity index is 1.97. The first kappa shape index (κ1) is 12.4. The molecule has 0 saturated carbocycles. The molecule has 2 heterocycles. The summed E-state index contributed by atoms with van der Waals surface area (Å²) in [6.45, 7) is 1.76. The Labute approximate surface area is 97.6 Å². The fourth-order valence-corrected chi connectivity index (χ4v) is 1.98. The molecule has 96 valence electrons. The van der Waals surface area contributed by atoms with Crippen molar-refractivity contribution in [3.05, 3.63) is 24.2 Å². The second-order valence-electron chi connectivity index (χ2n) is 4.31. The van der Waals surface area contributed by atoms with E-state index >= 15 is 0 Å². The summed E-state index contributed by atoms with van der Waals surface area (Å²) in [5.74, 6) is -1.29. The summed E-state index contributed by atoms with van der Waals surface area (Å²) in [4.78, 5) is 1.81. The van der Waals surface area contributed by atoms with Crippen LogP contribution in [0.25, 0.3) is 0 Å². The van der Waals surface area contributed by atoms with Crippen molar-refractivity contribution in [2.24, 2.45) is 5.92 Å². The summed E-state index contributed by atoms with van der Waals surface area (Å²) in [6.07, 6.45) is -1.03. The summed E-state index contributed by atoms with van der Waals surface area (Å²) in [5, 5.41) is 2.83. The standard InChI is InChI=1S/C11H15F3N2O/c12-11(13,14)10-5-15-2-3-16(7-10)6-9-1-4-17-8-9/h1,4,8,10,15H,2-3,5-7H2. The molecule has 17 heavy (non-hydrogen) atoms. The number of nitrogens with one attached hydrogen (secondary N) is 1. The summed E-state index contributed by atoms with van der Waals surface area (Å²) in [7, 11) is 0. The lowest BCUT2D eigenvalue weighted by atomic mass is 10.1. The SMILES string of the molecule is FC(F)(F)C1CNCCN(Cc2ccoc2)C1. The second kappa shape index (κ2) is 5.10. The molecule has 6 heteroatoms. The molecule has 0 radical (unpaired) electrons. The highest BCUT2D eigenvalue weighted by Crippen LogP contribution is 2.27. The van der Waals surface area contributed by atoms with Gasteiger partial charge in [-0.3, -0.25) is 4.90 Å². The van der Waals surface area contributed by atoms with Gasteiger partial charge in [-0.2, -0.15) is 13.2 Å². The van der Waals surface area contributed by atoms with Gasteiger partial charge in [-0.1, -0.05) is 0 Å². The van der Waals surface area contributed by atoms with E-state index in [1.807, 2.05) is 4.90 Å². The van der Waals surface area contributed by atoms with Gasteiger partial charge in [0, 0.05) is 38.3 Å². The molecule has 0 bridgehead atoms. The minimum Gasteiger partial charge on any atom is -0.472 e. The van der Waals surface area contributed by atoms with E-state index in [0.29, 0.717) is 19.6 Å². The third kappa shape index (κ3) is 3.47. The molecular formula is C11H15F3N2O. The molecule has 0 amide bonds. The van der Waals surface area contributed by atoms with Crippen molar-refractivity contribution in [1.82, 2.24) is 10.2 Å². The molecule has 3 nitrogen and oxygen atoms in total. The zero-order valence-corrected chi connectivity index (χ0v) is 9.33. The number of alkyl halides is 3. The van der Waals surface area contributed by atoms with E-state index in [9.17, 15) is 13.2 Å². The van der Waals surface area contributed by atoms with Crippen molar-refractivity contribution >= 4 is 0 Å². The number of rotatable bonds is 2. The van der Waals surface area contributed by atoms with Gasteiger partial charge in [0.1, 0.15) is 0 Å². The van der Waals surface area contributed by atoms with Gasteiger partial charge in [0.15, 0.2) is 0 Å². The van der Waals surface area contributed by atoms with Gasteiger partial charge < -0.3 is 9.73 Å². The minimum absolute atomic E-state index is 0.00534. The van der Waals surface area contributed by atoms with E-state index in [1.54, 1.807) is 12.3 Å². The number of nitrogens with zero attached hydrogens (tertiary/aromatic N) is 1. The van der Waals surface area contributed by atoms with Crippen molar-refractivity contribution in [2.45, 2.75) is 12.7 Å². The third-order valence-electron chi connectivity index (χ3n) is 2.92. The van der Waals surface area contributed by atoms with Crippen LogP contribution in [0.5, 0.6) is 0 Å². The Morgan fingerprint density at radius 1 is 1.47 bits per heavy atom. The van der Waals surface area contributed by atoms with Crippen LogP contribution in [0.1, 0.15) is 5.56 Å². The highest BCUT2D eigenvalue weighted by molar-refractivity contribution is 5.05. The molecule has 1 aliphatic heterocycles. The highest BCUT2D eigenvalue weighted by atomic mass is 19.4. The molecule has 1 saturated heterocycles. The van der Waals surface area contributed by atoms with E-state index in [0.717, 1.165) is 5.56 Å². The fourth-order valence-electron chi connectivity index (χ4n) is 1.98. The number of halogens is 3. The molecule has 0 aromatic carbocycles. The Bertz CT molecular complexity index is 337. The summed E-state index contributed by atoms with van der Waals surface area (Å²) >= 11 is 0. The molecule has 1 aromatic rings. The van der Waals surface area contributed by atoms with Crippen molar-refractivity contribution < 1.29 is 17.6 Å². The van der Waals surface area contributed by atoms with E-state index in [-0.39, 0.29) is 13.1 Å². The second-order valence-corrected chi connectivity index (χ2v) is 4.31. The first-order valence-corrected chi connectivity index (χ1v) is 5.56. The Morgan fingerprint density at radius 2 is 2.29 bits per heavy atom. The van der Waals surface area contributed by atoms with E-state index in [2.05, 4.69) is 5.32 Å². The first-order chi connectivity index (χ1) is 8.05. The van der Waals surface area contributed by atoms with Crippen LogP contribution in [-0.4, -0.2) is 37.3 Å². The Kier molecular flexibility index (Phi) is 3.73. The van der Waals surface area contributed by atoms with Gasteiger partial charge in [-0.05, 0) is 6.07 Å². The largest absolute Gasteiger partial charge is 0.472 e.